The summed E-state index contributed by atoms with van der Waals surface area (Å²) in [7, 11) is 0. The molecule has 0 aliphatic carbocycles. The van der Waals surface area contributed by atoms with Crippen LogP contribution in [-0.2, 0) is 4.84 Å². The lowest BCUT2D eigenvalue weighted by Gasteiger charge is -2.16. The molecular weight excluding hydrogens is 230 g/mol. The lowest BCUT2D eigenvalue weighted by molar-refractivity contribution is -0.727. The second-order valence-corrected chi connectivity index (χ2v) is 4.61. The lowest BCUT2D eigenvalue weighted by atomic mass is 10.3. The van der Waals surface area contributed by atoms with Gasteiger partial charge in [0.25, 0.3) is 0 Å². The minimum atomic E-state index is -1.61. The molecule has 0 bridgehead atoms. The van der Waals surface area contributed by atoms with Crippen LogP contribution in [0.25, 0.3) is 0 Å². The standard InChI is InChI=1S/C4H5Cl3N2O3/c5-4(6,7)3-1-2-8(12-3)9(10)11/h3H,1-2H2. The molecule has 1 aliphatic heterocycles. The number of halogens is 3. The molecule has 0 N–H and O–H groups in total. The van der Waals surface area contributed by atoms with Gasteiger partial charge >= 0.3 is 0 Å². The van der Waals surface area contributed by atoms with Gasteiger partial charge in [-0.15, -0.1) is 0 Å². The van der Waals surface area contributed by atoms with E-state index in [1.807, 2.05) is 0 Å². The summed E-state index contributed by atoms with van der Waals surface area (Å²) in [5.41, 5.74) is 0. The fraction of sp³-hybridized carbons (Fsp3) is 1.00. The largest absolute Gasteiger partial charge is 0.233 e. The highest BCUT2D eigenvalue weighted by Crippen LogP contribution is 2.36. The van der Waals surface area contributed by atoms with Crippen molar-refractivity contribution in [1.29, 1.82) is 0 Å². The van der Waals surface area contributed by atoms with Crippen molar-refractivity contribution in [2.45, 2.75) is 16.3 Å². The van der Waals surface area contributed by atoms with E-state index in [9.17, 15) is 10.1 Å². The van der Waals surface area contributed by atoms with Crippen LogP contribution in [-0.4, -0.2) is 26.6 Å². The normalized spacial score (nSPS) is 24.6. The Labute approximate surface area is 83.2 Å². The van der Waals surface area contributed by atoms with Crippen molar-refractivity contribution in [2.75, 3.05) is 6.54 Å². The third kappa shape index (κ3) is 2.26. The summed E-state index contributed by atoms with van der Waals surface area (Å²) < 4.78 is -1.61. The van der Waals surface area contributed by atoms with Gasteiger partial charge in [0.2, 0.25) is 3.79 Å². The zero-order valence-corrected chi connectivity index (χ0v) is 8.01. The first-order chi connectivity index (χ1) is 5.41. The van der Waals surface area contributed by atoms with Gasteiger partial charge in [0.05, 0.1) is 0 Å². The van der Waals surface area contributed by atoms with E-state index < -0.39 is 14.9 Å². The Morgan fingerprint density at radius 1 is 1.58 bits per heavy atom. The van der Waals surface area contributed by atoms with Crippen LogP contribution in [0.3, 0.4) is 0 Å². The summed E-state index contributed by atoms with van der Waals surface area (Å²) in [6.07, 6.45) is -0.412. The summed E-state index contributed by atoms with van der Waals surface area (Å²) in [6, 6.07) is 0. The number of nitro groups is 1. The molecule has 12 heavy (non-hydrogen) atoms. The predicted molar refractivity (Wildman–Crippen MR) is 43.5 cm³/mol. The minimum Gasteiger partial charge on any atom is -0.233 e. The maximum atomic E-state index is 10.2. The molecule has 1 saturated heterocycles. The molecule has 1 heterocycles. The van der Waals surface area contributed by atoms with E-state index in [0.717, 1.165) is 0 Å². The monoisotopic (exact) mass is 234 g/mol. The zero-order valence-electron chi connectivity index (χ0n) is 5.74. The number of hydrogen-bond acceptors (Lipinski definition) is 3. The Morgan fingerprint density at radius 2 is 2.17 bits per heavy atom. The number of hydrogen-bond donors (Lipinski definition) is 0. The van der Waals surface area contributed by atoms with Crippen molar-refractivity contribution >= 4 is 34.8 Å². The summed E-state index contributed by atoms with van der Waals surface area (Å²) in [6.45, 7) is 0.131. The van der Waals surface area contributed by atoms with Crippen LogP contribution in [0.4, 0.5) is 0 Å². The van der Waals surface area contributed by atoms with E-state index in [0.29, 0.717) is 11.6 Å². The molecule has 1 atom stereocenters. The third-order valence-corrected chi connectivity index (χ3v) is 2.11. The Balaban J connectivity index is 2.51. The fourth-order valence-corrected chi connectivity index (χ4v) is 1.27. The topological polar surface area (TPSA) is 55.6 Å². The Morgan fingerprint density at radius 3 is 2.42 bits per heavy atom. The van der Waals surface area contributed by atoms with Gasteiger partial charge in [0, 0.05) is 11.6 Å². The van der Waals surface area contributed by atoms with Crippen molar-refractivity contribution in [3.63, 3.8) is 0 Å². The summed E-state index contributed by atoms with van der Waals surface area (Å²) >= 11 is 16.4. The van der Waals surface area contributed by atoms with Gasteiger partial charge in [-0.25, -0.2) is 15.0 Å². The molecule has 5 nitrogen and oxygen atoms in total. The highest BCUT2D eigenvalue weighted by molar-refractivity contribution is 6.68. The molecule has 0 radical (unpaired) electrons. The van der Waals surface area contributed by atoms with Crippen LogP contribution in [0, 0.1) is 10.1 Å². The van der Waals surface area contributed by atoms with Gasteiger partial charge in [-0.2, -0.15) is 0 Å². The number of alkyl halides is 3. The zero-order chi connectivity index (χ0) is 9.35. The first kappa shape index (κ1) is 10.1. The van der Waals surface area contributed by atoms with Crippen LogP contribution >= 0.6 is 34.8 Å². The van der Waals surface area contributed by atoms with Crippen LogP contribution in [0.5, 0.6) is 0 Å². The van der Waals surface area contributed by atoms with Crippen molar-refractivity contribution in [2.24, 2.45) is 0 Å². The van der Waals surface area contributed by atoms with E-state index >= 15 is 0 Å². The first-order valence-electron chi connectivity index (χ1n) is 3.06. The molecule has 8 heteroatoms. The fourth-order valence-electron chi connectivity index (χ4n) is 0.824. The molecule has 1 aliphatic rings. The van der Waals surface area contributed by atoms with E-state index in [4.69, 9.17) is 39.6 Å². The maximum Gasteiger partial charge on any atom is 0.219 e. The number of hydrazine groups is 1. The molecule has 1 rings (SSSR count). The second-order valence-electron chi connectivity index (χ2n) is 2.24. The maximum absolute atomic E-state index is 10.2. The molecule has 1 unspecified atom stereocenters. The number of hydroxylamine groups is 1. The Bertz CT molecular complexity index is 194. The smallest absolute Gasteiger partial charge is 0.219 e. The molecule has 0 amide bonds. The molecule has 0 saturated carbocycles. The first-order valence-corrected chi connectivity index (χ1v) is 4.20. The van der Waals surface area contributed by atoms with E-state index in [-0.39, 0.29) is 6.54 Å². The van der Waals surface area contributed by atoms with Crippen LogP contribution in [0.15, 0.2) is 0 Å². The van der Waals surface area contributed by atoms with Crippen LogP contribution < -0.4 is 0 Å². The minimum absolute atomic E-state index is 0.131. The second kappa shape index (κ2) is 3.41. The van der Waals surface area contributed by atoms with E-state index in [1.165, 1.54) is 0 Å². The number of rotatable bonds is 1. The lowest BCUT2D eigenvalue weighted by Crippen LogP contribution is -2.30. The molecule has 1 fully saturated rings. The molecular formula is C4H5Cl3N2O3. The number of nitrogens with zero attached hydrogens (tertiary/aromatic N) is 2. The van der Waals surface area contributed by atoms with E-state index in [2.05, 4.69) is 0 Å². The predicted octanol–water partition coefficient (Wildman–Crippen LogP) is 1.55. The van der Waals surface area contributed by atoms with Crippen molar-refractivity contribution in [1.82, 2.24) is 5.17 Å². The van der Waals surface area contributed by atoms with Crippen LogP contribution in [0.2, 0.25) is 0 Å². The van der Waals surface area contributed by atoms with Gasteiger partial charge in [-0.05, 0) is 0 Å². The summed E-state index contributed by atoms with van der Waals surface area (Å²) in [4.78, 5) is 14.9. The van der Waals surface area contributed by atoms with Crippen molar-refractivity contribution in [3.8, 4) is 0 Å². The Kier molecular flexibility index (Phi) is 2.88. The Hall–Kier alpha value is 0.0300. The van der Waals surface area contributed by atoms with Gasteiger partial charge in [-0.3, -0.25) is 0 Å². The quantitative estimate of drug-likeness (QED) is 0.393. The SMILES string of the molecule is O=[N+]([O-])N1CCC(C(Cl)(Cl)Cl)O1. The molecule has 0 aromatic rings. The van der Waals surface area contributed by atoms with Gasteiger partial charge in [0.1, 0.15) is 12.6 Å². The molecule has 0 aromatic carbocycles. The molecule has 0 aromatic heterocycles. The van der Waals surface area contributed by atoms with Gasteiger partial charge < -0.3 is 0 Å². The van der Waals surface area contributed by atoms with Gasteiger partial charge in [0.15, 0.2) is 5.03 Å². The van der Waals surface area contributed by atoms with Crippen molar-refractivity contribution in [3.05, 3.63) is 10.1 Å². The van der Waals surface area contributed by atoms with Crippen LogP contribution in [0.1, 0.15) is 6.42 Å². The highest BCUT2D eigenvalue weighted by Gasteiger charge is 2.43. The third-order valence-electron chi connectivity index (χ3n) is 1.38. The highest BCUT2D eigenvalue weighted by atomic mass is 35.6. The average molecular weight is 235 g/mol. The average Bonchev–Trinajstić information content (AvgIpc) is 2.30. The van der Waals surface area contributed by atoms with E-state index in [1.54, 1.807) is 0 Å². The summed E-state index contributed by atoms with van der Waals surface area (Å²) in [5, 5.41) is 10.0. The van der Waals surface area contributed by atoms with Crippen molar-refractivity contribution < 1.29 is 9.87 Å². The van der Waals surface area contributed by atoms with Gasteiger partial charge in [-0.1, -0.05) is 34.8 Å². The molecule has 70 valence electrons. The molecule has 0 spiro atoms. The summed E-state index contributed by atoms with van der Waals surface area (Å²) in [5.74, 6) is 0.